The van der Waals surface area contributed by atoms with Crippen LogP contribution in [0.25, 0.3) is 0 Å². The van der Waals surface area contributed by atoms with E-state index in [9.17, 15) is 17.6 Å². The van der Waals surface area contributed by atoms with Gasteiger partial charge >= 0.3 is 0 Å². The molecule has 10 heteroatoms. The van der Waals surface area contributed by atoms with Gasteiger partial charge in [0.15, 0.2) is 6.61 Å². The lowest BCUT2D eigenvalue weighted by Crippen LogP contribution is -2.21. The van der Waals surface area contributed by atoms with Crippen molar-refractivity contribution in [1.82, 2.24) is 0 Å². The van der Waals surface area contributed by atoms with Gasteiger partial charge in [-0.15, -0.1) is 0 Å². The lowest BCUT2D eigenvalue weighted by molar-refractivity contribution is -0.118. The third-order valence-corrected chi connectivity index (χ3v) is 6.29. The maximum absolute atomic E-state index is 13.0. The number of nitrogens with one attached hydrogen (secondary N) is 2. The molecule has 2 N–H and O–H groups in total. The second-order valence-electron chi connectivity index (χ2n) is 6.45. The second kappa shape index (κ2) is 9.55. The molecule has 31 heavy (non-hydrogen) atoms. The van der Waals surface area contributed by atoms with Crippen molar-refractivity contribution in [3.8, 4) is 5.75 Å². The third-order valence-electron chi connectivity index (χ3n) is 4.21. The van der Waals surface area contributed by atoms with Crippen molar-refractivity contribution >= 4 is 50.5 Å². The Hall–Kier alpha value is -2.81. The summed E-state index contributed by atoms with van der Waals surface area (Å²) in [6, 6.07) is 13.8. The van der Waals surface area contributed by atoms with E-state index < -0.39 is 21.7 Å². The molecule has 0 unspecified atom stereocenters. The lowest BCUT2D eigenvalue weighted by Gasteiger charge is -2.12. The van der Waals surface area contributed by atoms with E-state index >= 15 is 0 Å². The molecule has 3 aromatic carbocycles. The Balaban J connectivity index is 1.65. The van der Waals surface area contributed by atoms with Crippen LogP contribution >= 0.6 is 23.2 Å². The topological polar surface area (TPSA) is 84.5 Å². The standard InChI is InChI=1S/C21H17Cl2FN2O4S/c1-13-17(22)3-2-4-19(13)25-21(27)12-30-20-10-9-16(11-18(20)23)31(28,29)26-15-7-5-14(24)6-8-15/h2-11,26H,12H2,1H3,(H,25,27). The van der Waals surface area contributed by atoms with Crippen LogP contribution in [-0.2, 0) is 14.8 Å². The van der Waals surface area contributed by atoms with Gasteiger partial charge in [-0.25, -0.2) is 12.8 Å². The summed E-state index contributed by atoms with van der Waals surface area (Å²) in [4.78, 5) is 12.0. The monoisotopic (exact) mass is 482 g/mol. The zero-order valence-corrected chi connectivity index (χ0v) is 18.5. The zero-order chi connectivity index (χ0) is 22.6. The molecule has 0 fully saturated rings. The summed E-state index contributed by atoms with van der Waals surface area (Å²) >= 11 is 12.2. The quantitative estimate of drug-likeness (QED) is 0.480. The maximum atomic E-state index is 13.0. The van der Waals surface area contributed by atoms with Gasteiger partial charge in [-0.1, -0.05) is 29.3 Å². The number of halogens is 3. The molecule has 1 amide bonds. The van der Waals surface area contributed by atoms with Gasteiger partial charge in [0.2, 0.25) is 0 Å². The summed E-state index contributed by atoms with van der Waals surface area (Å²) in [5, 5.41) is 3.21. The Kier molecular flexibility index (Phi) is 7.04. The number of rotatable bonds is 7. The summed E-state index contributed by atoms with van der Waals surface area (Å²) in [5.41, 5.74) is 1.48. The van der Waals surface area contributed by atoms with Crippen LogP contribution in [0.3, 0.4) is 0 Å². The van der Waals surface area contributed by atoms with E-state index in [2.05, 4.69) is 10.0 Å². The van der Waals surface area contributed by atoms with Crippen LogP contribution in [0.1, 0.15) is 5.56 Å². The molecule has 0 saturated carbocycles. The van der Waals surface area contributed by atoms with E-state index in [0.717, 1.165) is 17.7 Å². The molecule has 0 saturated heterocycles. The van der Waals surface area contributed by atoms with Crippen molar-refractivity contribution in [3.05, 3.63) is 82.1 Å². The fourth-order valence-electron chi connectivity index (χ4n) is 2.57. The van der Waals surface area contributed by atoms with E-state index in [1.807, 2.05) is 0 Å². The molecule has 0 aliphatic carbocycles. The molecular formula is C21H17Cl2FN2O4S. The molecule has 0 spiro atoms. The zero-order valence-electron chi connectivity index (χ0n) is 16.2. The van der Waals surface area contributed by atoms with Gasteiger partial charge in [-0.2, -0.15) is 0 Å². The maximum Gasteiger partial charge on any atom is 0.262 e. The fraction of sp³-hybridized carbons (Fsp3) is 0.0952. The van der Waals surface area contributed by atoms with Crippen LogP contribution in [-0.4, -0.2) is 20.9 Å². The van der Waals surface area contributed by atoms with Crippen molar-refractivity contribution in [3.63, 3.8) is 0 Å². The van der Waals surface area contributed by atoms with Gasteiger partial charge < -0.3 is 10.1 Å². The highest BCUT2D eigenvalue weighted by atomic mass is 35.5. The fourth-order valence-corrected chi connectivity index (χ4v) is 4.13. The Labute approximate surface area is 189 Å². The van der Waals surface area contributed by atoms with Gasteiger partial charge in [0, 0.05) is 16.4 Å². The molecule has 0 heterocycles. The van der Waals surface area contributed by atoms with Crippen LogP contribution in [0.15, 0.2) is 65.6 Å². The van der Waals surface area contributed by atoms with Crippen LogP contribution in [0, 0.1) is 12.7 Å². The molecule has 0 aliphatic heterocycles. The predicted molar refractivity (Wildman–Crippen MR) is 119 cm³/mol. The number of hydrogen-bond acceptors (Lipinski definition) is 4. The minimum Gasteiger partial charge on any atom is -0.482 e. The number of sulfonamides is 1. The van der Waals surface area contributed by atoms with E-state index in [1.54, 1.807) is 25.1 Å². The highest BCUT2D eigenvalue weighted by Gasteiger charge is 2.17. The summed E-state index contributed by atoms with van der Waals surface area (Å²) in [7, 11) is -3.95. The molecule has 0 aromatic heterocycles. The van der Waals surface area contributed by atoms with Crippen LogP contribution in [0.2, 0.25) is 10.0 Å². The average Bonchev–Trinajstić information content (AvgIpc) is 2.72. The highest BCUT2D eigenvalue weighted by molar-refractivity contribution is 7.92. The molecule has 0 bridgehead atoms. The lowest BCUT2D eigenvalue weighted by atomic mass is 10.2. The largest absolute Gasteiger partial charge is 0.482 e. The minimum absolute atomic E-state index is 0.00807. The molecule has 0 radical (unpaired) electrons. The molecular weight excluding hydrogens is 466 g/mol. The third kappa shape index (κ3) is 5.88. The molecule has 0 aliphatic rings. The van der Waals surface area contributed by atoms with Gasteiger partial charge in [0.1, 0.15) is 11.6 Å². The van der Waals surface area contributed by atoms with Crippen molar-refractivity contribution in [2.45, 2.75) is 11.8 Å². The van der Waals surface area contributed by atoms with Gasteiger partial charge in [-0.3, -0.25) is 9.52 Å². The number of amides is 1. The van der Waals surface area contributed by atoms with Crippen LogP contribution in [0.4, 0.5) is 15.8 Å². The Morgan fingerprint density at radius 1 is 1.03 bits per heavy atom. The minimum atomic E-state index is -3.95. The molecule has 162 valence electrons. The second-order valence-corrected chi connectivity index (χ2v) is 8.95. The first-order valence-electron chi connectivity index (χ1n) is 8.91. The Bertz CT molecular complexity index is 1220. The number of anilines is 2. The van der Waals surface area contributed by atoms with E-state index in [0.29, 0.717) is 10.7 Å². The summed E-state index contributed by atoms with van der Waals surface area (Å²) in [5.74, 6) is -0.779. The first-order chi connectivity index (χ1) is 14.7. The average molecular weight is 483 g/mol. The molecule has 3 rings (SSSR count). The van der Waals surface area contributed by atoms with Crippen molar-refractivity contribution < 1.29 is 22.3 Å². The van der Waals surface area contributed by atoms with E-state index in [-0.39, 0.29) is 28.0 Å². The van der Waals surface area contributed by atoms with E-state index in [1.165, 1.54) is 30.3 Å². The van der Waals surface area contributed by atoms with Crippen LogP contribution < -0.4 is 14.8 Å². The number of hydrogen-bond donors (Lipinski definition) is 2. The van der Waals surface area contributed by atoms with Crippen LogP contribution in [0.5, 0.6) is 5.75 Å². The number of carbonyl (C=O) groups excluding carboxylic acids is 1. The van der Waals surface area contributed by atoms with Gasteiger partial charge in [0.05, 0.1) is 9.92 Å². The summed E-state index contributed by atoms with van der Waals surface area (Å²) < 4.78 is 45.7. The van der Waals surface area contributed by atoms with Gasteiger partial charge in [-0.05, 0) is 67.1 Å². The van der Waals surface area contributed by atoms with Gasteiger partial charge in [0.25, 0.3) is 15.9 Å². The molecule has 6 nitrogen and oxygen atoms in total. The smallest absolute Gasteiger partial charge is 0.262 e. The first-order valence-corrected chi connectivity index (χ1v) is 11.2. The SMILES string of the molecule is Cc1c(Cl)cccc1NC(=O)COc1ccc(S(=O)(=O)Nc2ccc(F)cc2)cc1Cl. The number of carbonyl (C=O) groups is 1. The Morgan fingerprint density at radius 2 is 1.74 bits per heavy atom. The number of benzene rings is 3. The highest BCUT2D eigenvalue weighted by Crippen LogP contribution is 2.28. The number of ether oxygens (including phenoxy) is 1. The summed E-state index contributed by atoms with van der Waals surface area (Å²) in [6.07, 6.45) is 0. The normalized spacial score (nSPS) is 11.1. The molecule has 0 atom stereocenters. The Morgan fingerprint density at radius 3 is 2.42 bits per heavy atom. The summed E-state index contributed by atoms with van der Waals surface area (Å²) in [6.45, 7) is 1.43. The first kappa shape index (κ1) is 22.9. The predicted octanol–water partition coefficient (Wildman–Crippen LogP) is 5.26. The molecule has 3 aromatic rings. The van der Waals surface area contributed by atoms with Crippen molar-refractivity contribution in [2.75, 3.05) is 16.6 Å². The van der Waals surface area contributed by atoms with Crippen molar-refractivity contribution in [1.29, 1.82) is 0 Å². The van der Waals surface area contributed by atoms with Crippen molar-refractivity contribution in [2.24, 2.45) is 0 Å². The van der Waals surface area contributed by atoms with E-state index in [4.69, 9.17) is 27.9 Å².